The van der Waals surface area contributed by atoms with Crippen LogP contribution in [-0.2, 0) is 4.74 Å². The van der Waals surface area contributed by atoms with Crippen molar-refractivity contribution in [1.29, 1.82) is 0 Å². The van der Waals surface area contributed by atoms with Gasteiger partial charge in [0.15, 0.2) is 0 Å². The highest BCUT2D eigenvalue weighted by atomic mass is 35.5. The predicted molar refractivity (Wildman–Crippen MR) is 55.3 cm³/mol. The van der Waals surface area contributed by atoms with E-state index >= 15 is 0 Å². The van der Waals surface area contributed by atoms with Crippen molar-refractivity contribution >= 4 is 28.7 Å². The van der Waals surface area contributed by atoms with E-state index in [0.717, 1.165) is 0 Å². The molecule has 0 aliphatic rings. The van der Waals surface area contributed by atoms with Crippen molar-refractivity contribution in [2.45, 2.75) is 13.8 Å². The minimum Gasteiger partial charge on any atom is -0.460 e. The van der Waals surface area contributed by atoms with Crippen LogP contribution < -0.4 is 0 Å². The Morgan fingerprint density at radius 1 is 1.50 bits per heavy atom. The topological polar surface area (TPSA) is 78.1 Å². The van der Waals surface area contributed by atoms with Crippen LogP contribution in [0.3, 0.4) is 0 Å². The van der Waals surface area contributed by atoms with Crippen molar-refractivity contribution in [3.05, 3.63) is 16.7 Å². The summed E-state index contributed by atoms with van der Waals surface area (Å²) in [6, 6.07) is 0. The van der Waals surface area contributed by atoms with Crippen molar-refractivity contribution in [1.82, 2.24) is 15.1 Å². The molecule has 2 aromatic rings. The molecular formula is C9H8ClN3O3. The summed E-state index contributed by atoms with van der Waals surface area (Å²) in [5, 5.41) is 4.33. The first-order valence-corrected chi connectivity index (χ1v) is 4.98. The van der Waals surface area contributed by atoms with Crippen molar-refractivity contribution in [2.75, 3.05) is 6.61 Å². The van der Waals surface area contributed by atoms with Gasteiger partial charge in [-0.25, -0.2) is 9.78 Å². The SMILES string of the molecule is CCOC(=O)c1nc(Cl)c2c(C)noc2n1. The Morgan fingerprint density at radius 2 is 2.25 bits per heavy atom. The second-order valence-electron chi connectivity index (χ2n) is 3.01. The normalized spacial score (nSPS) is 10.7. The van der Waals surface area contributed by atoms with E-state index in [1.807, 2.05) is 0 Å². The summed E-state index contributed by atoms with van der Waals surface area (Å²) in [5.74, 6) is -0.768. The Hall–Kier alpha value is -1.69. The van der Waals surface area contributed by atoms with Gasteiger partial charge in [-0.05, 0) is 13.8 Å². The number of halogens is 1. The molecule has 0 atom stereocenters. The van der Waals surface area contributed by atoms with Crippen LogP contribution in [0.2, 0.25) is 5.15 Å². The molecule has 0 N–H and O–H groups in total. The fraction of sp³-hybridized carbons (Fsp3) is 0.333. The standard InChI is InChI=1S/C9H8ClN3O3/c1-3-15-9(14)7-11-6(10)5-4(2)13-16-8(5)12-7/h3H2,1-2H3. The zero-order chi connectivity index (χ0) is 11.7. The van der Waals surface area contributed by atoms with Gasteiger partial charge in [-0.15, -0.1) is 0 Å². The summed E-state index contributed by atoms with van der Waals surface area (Å²) in [4.78, 5) is 19.1. The third-order valence-electron chi connectivity index (χ3n) is 1.92. The minimum absolute atomic E-state index is 0.129. The maximum absolute atomic E-state index is 11.4. The van der Waals surface area contributed by atoms with Gasteiger partial charge in [0.25, 0.3) is 5.71 Å². The van der Waals surface area contributed by atoms with Crippen LogP contribution in [0.15, 0.2) is 4.52 Å². The molecule has 6 nitrogen and oxygen atoms in total. The van der Waals surface area contributed by atoms with Gasteiger partial charge >= 0.3 is 5.97 Å². The number of aryl methyl sites for hydroxylation is 1. The third-order valence-corrected chi connectivity index (χ3v) is 2.19. The average Bonchev–Trinajstić information content (AvgIpc) is 2.61. The van der Waals surface area contributed by atoms with Crippen LogP contribution in [0.5, 0.6) is 0 Å². The van der Waals surface area contributed by atoms with Crippen LogP contribution >= 0.6 is 11.6 Å². The summed E-state index contributed by atoms with van der Waals surface area (Å²) in [5.41, 5.74) is 0.760. The Kier molecular flexibility index (Phi) is 2.74. The Bertz CT molecular complexity index is 552. The van der Waals surface area contributed by atoms with E-state index < -0.39 is 5.97 Å². The van der Waals surface area contributed by atoms with Crippen molar-refractivity contribution in [3.8, 4) is 0 Å². The first-order valence-electron chi connectivity index (χ1n) is 4.60. The molecule has 2 aromatic heterocycles. The fourth-order valence-electron chi connectivity index (χ4n) is 1.23. The average molecular weight is 242 g/mol. The third kappa shape index (κ3) is 1.71. The number of rotatable bonds is 2. The van der Waals surface area contributed by atoms with E-state index in [2.05, 4.69) is 15.1 Å². The Balaban J connectivity index is 2.54. The molecule has 0 spiro atoms. The minimum atomic E-state index is -0.639. The highest BCUT2D eigenvalue weighted by Gasteiger charge is 2.18. The zero-order valence-electron chi connectivity index (χ0n) is 8.65. The van der Waals surface area contributed by atoms with E-state index in [4.69, 9.17) is 20.9 Å². The van der Waals surface area contributed by atoms with Crippen LogP contribution in [0.4, 0.5) is 0 Å². The van der Waals surface area contributed by atoms with E-state index in [9.17, 15) is 4.79 Å². The lowest BCUT2D eigenvalue weighted by Gasteiger charge is -2.00. The molecule has 2 heterocycles. The Morgan fingerprint density at radius 3 is 2.94 bits per heavy atom. The number of ether oxygens (including phenoxy) is 1. The van der Waals surface area contributed by atoms with Gasteiger partial charge in [0.1, 0.15) is 10.5 Å². The smallest absolute Gasteiger partial charge is 0.376 e. The van der Waals surface area contributed by atoms with E-state index in [1.54, 1.807) is 13.8 Å². The van der Waals surface area contributed by atoms with Gasteiger partial charge in [-0.2, -0.15) is 4.98 Å². The molecule has 0 saturated carbocycles. The number of carbonyl (C=O) groups excluding carboxylic acids is 1. The van der Waals surface area contributed by atoms with Gasteiger partial charge in [0.05, 0.1) is 12.3 Å². The quantitative estimate of drug-likeness (QED) is 0.589. The maximum atomic E-state index is 11.4. The lowest BCUT2D eigenvalue weighted by atomic mass is 10.3. The number of fused-ring (bicyclic) bond motifs is 1. The molecule has 7 heteroatoms. The second-order valence-corrected chi connectivity index (χ2v) is 3.36. The lowest BCUT2D eigenvalue weighted by molar-refractivity contribution is 0.0512. The van der Waals surface area contributed by atoms with Gasteiger partial charge in [-0.3, -0.25) is 0 Å². The molecule has 0 fully saturated rings. The largest absolute Gasteiger partial charge is 0.460 e. The second kappa shape index (κ2) is 4.05. The molecule has 16 heavy (non-hydrogen) atoms. The maximum Gasteiger partial charge on any atom is 0.376 e. The summed E-state index contributed by atoms with van der Waals surface area (Å²) in [7, 11) is 0. The highest BCUT2D eigenvalue weighted by Crippen LogP contribution is 2.23. The summed E-state index contributed by atoms with van der Waals surface area (Å²) < 4.78 is 9.66. The van der Waals surface area contributed by atoms with Gasteiger partial charge in [0, 0.05) is 0 Å². The van der Waals surface area contributed by atoms with Gasteiger partial charge in [-0.1, -0.05) is 16.8 Å². The fourth-order valence-corrected chi connectivity index (χ4v) is 1.53. The number of hydrogen-bond acceptors (Lipinski definition) is 6. The zero-order valence-corrected chi connectivity index (χ0v) is 9.41. The van der Waals surface area contributed by atoms with Crippen molar-refractivity contribution in [2.24, 2.45) is 0 Å². The first kappa shape index (κ1) is 10.8. The van der Waals surface area contributed by atoms with Gasteiger partial charge in [0.2, 0.25) is 5.82 Å². The van der Waals surface area contributed by atoms with Crippen molar-refractivity contribution < 1.29 is 14.1 Å². The van der Waals surface area contributed by atoms with E-state index in [-0.39, 0.29) is 23.3 Å². The predicted octanol–water partition coefficient (Wildman–Crippen LogP) is 1.76. The van der Waals surface area contributed by atoms with E-state index in [0.29, 0.717) is 11.1 Å². The molecule has 0 unspecified atom stereocenters. The first-order chi connectivity index (χ1) is 7.63. The summed E-state index contributed by atoms with van der Waals surface area (Å²) in [6.07, 6.45) is 0. The van der Waals surface area contributed by atoms with Crippen molar-refractivity contribution in [3.63, 3.8) is 0 Å². The molecule has 0 aliphatic carbocycles. The molecule has 0 saturated heterocycles. The summed E-state index contributed by atoms with van der Waals surface area (Å²) >= 11 is 5.89. The Labute approximate surface area is 95.6 Å². The van der Waals surface area contributed by atoms with Crippen LogP contribution in [0.25, 0.3) is 11.1 Å². The van der Waals surface area contributed by atoms with Crippen LogP contribution in [-0.4, -0.2) is 27.7 Å². The molecular weight excluding hydrogens is 234 g/mol. The highest BCUT2D eigenvalue weighted by molar-refractivity contribution is 6.34. The number of aromatic nitrogens is 3. The number of carbonyl (C=O) groups is 1. The summed E-state index contributed by atoms with van der Waals surface area (Å²) in [6.45, 7) is 3.65. The molecule has 0 radical (unpaired) electrons. The molecule has 0 amide bonds. The monoisotopic (exact) mass is 241 g/mol. The molecule has 0 aromatic carbocycles. The molecule has 0 aliphatic heterocycles. The van der Waals surface area contributed by atoms with Crippen LogP contribution in [0, 0.1) is 6.92 Å². The van der Waals surface area contributed by atoms with Crippen LogP contribution in [0.1, 0.15) is 23.2 Å². The molecule has 0 bridgehead atoms. The van der Waals surface area contributed by atoms with E-state index in [1.165, 1.54) is 0 Å². The number of esters is 1. The lowest BCUT2D eigenvalue weighted by Crippen LogP contribution is -2.09. The number of hydrogen-bond donors (Lipinski definition) is 0. The number of nitrogens with zero attached hydrogens (tertiary/aromatic N) is 3. The molecule has 84 valence electrons. The van der Waals surface area contributed by atoms with Gasteiger partial charge < -0.3 is 9.26 Å². The molecule has 2 rings (SSSR count).